The second kappa shape index (κ2) is 4.76. The van der Waals surface area contributed by atoms with Crippen molar-refractivity contribution in [3.05, 3.63) is 29.8 Å². The average Bonchev–Trinajstić information content (AvgIpc) is 2.88. The molecular weight excluding hydrogens is 266 g/mol. The van der Waals surface area contributed by atoms with Crippen molar-refractivity contribution in [1.82, 2.24) is 9.80 Å². The molecular formula is C16H21N3O2. The Labute approximate surface area is 124 Å². The second-order valence-corrected chi connectivity index (χ2v) is 6.33. The molecule has 2 heterocycles. The van der Waals surface area contributed by atoms with Crippen LogP contribution in [-0.4, -0.2) is 53.3 Å². The smallest absolute Gasteiger partial charge is 0.247 e. The first-order valence-electron chi connectivity index (χ1n) is 7.33. The molecule has 2 aliphatic rings. The van der Waals surface area contributed by atoms with Gasteiger partial charge in [0.25, 0.3) is 0 Å². The maximum absolute atomic E-state index is 12.8. The predicted molar refractivity (Wildman–Crippen MR) is 81.0 cm³/mol. The summed E-state index contributed by atoms with van der Waals surface area (Å²) in [6.45, 7) is 4.83. The number of carbonyl (C=O) groups excluding carboxylic acids is 2. The van der Waals surface area contributed by atoms with Crippen LogP contribution in [0.4, 0.5) is 5.69 Å². The van der Waals surface area contributed by atoms with Crippen LogP contribution in [0.25, 0.3) is 0 Å². The van der Waals surface area contributed by atoms with E-state index in [2.05, 4.69) is 5.32 Å². The third-order valence-electron chi connectivity index (χ3n) is 4.54. The first-order valence-corrected chi connectivity index (χ1v) is 7.33. The molecule has 1 atom stereocenters. The van der Waals surface area contributed by atoms with Crippen LogP contribution in [0.3, 0.4) is 0 Å². The second-order valence-electron chi connectivity index (χ2n) is 6.33. The van der Waals surface area contributed by atoms with Crippen molar-refractivity contribution >= 4 is 17.5 Å². The number of nitrogens with zero attached hydrogens (tertiary/aromatic N) is 2. The Morgan fingerprint density at radius 3 is 2.71 bits per heavy atom. The van der Waals surface area contributed by atoms with Crippen LogP contribution in [0.5, 0.6) is 0 Å². The van der Waals surface area contributed by atoms with Gasteiger partial charge in [0.2, 0.25) is 11.8 Å². The van der Waals surface area contributed by atoms with Crippen LogP contribution in [-0.2, 0) is 16.0 Å². The van der Waals surface area contributed by atoms with Crippen molar-refractivity contribution in [2.24, 2.45) is 0 Å². The minimum Gasteiger partial charge on any atom is -0.373 e. The van der Waals surface area contributed by atoms with Gasteiger partial charge in [-0.25, -0.2) is 0 Å². The fraction of sp³-hybridized carbons (Fsp3) is 0.500. The summed E-state index contributed by atoms with van der Waals surface area (Å²) in [6.07, 6.45) is 0.686. The Hall–Kier alpha value is -2.04. The lowest BCUT2D eigenvalue weighted by Crippen LogP contribution is -2.65. The largest absolute Gasteiger partial charge is 0.373 e. The molecule has 112 valence electrons. The lowest BCUT2D eigenvalue weighted by Gasteiger charge is -2.45. The van der Waals surface area contributed by atoms with Crippen molar-refractivity contribution in [1.29, 1.82) is 0 Å². The summed E-state index contributed by atoms with van der Waals surface area (Å²) in [5, 5.41) is 3.28. The number of hydrogen-bond acceptors (Lipinski definition) is 3. The zero-order valence-corrected chi connectivity index (χ0v) is 12.7. The van der Waals surface area contributed by atoms with Gasteiger partial charge in [0, 0.05) is 32.2 Å². The molecule has 2 aliphatic heterocycles. The Balaban J connectivity index is 1.79. The van der Waals surface area contributed by atoms with Gasteiger partial charge in [-0.2, -0.15) is 0 Å². The molecule has 0 bridgehead atoms. The van der Waals surface area contributed by atoms with Crippen molar-refractivity contribution in [2.75, 3.05) is 25.5 Å². The van der Waals surface area contributed by atoms with Gasteiger partial charge in [0.05, 0.1) is 0 Å². The van der Waals surface area contributed by atoms with E-state index in [0.717, 1.165) is 11.3 Å². The Kier molecular flexibility index (Phi) is 3.15. The Bertz CT molecular complexity index is 572. The summed E-state index contributed by atoms with van der Waals surface area (Å²) in [7, 11) is 1.79. The van der Waals surface area contributed by atoms with E-state index in [1.807, 2.05) is 38.1 Å². The zero-order valence-electron chi connectivity index (χ0n) is 12.7. The van der Waals surface area contributed by atoms with E-state index < -0.39 is 5.54 Å². The van der Waals surface area contributed by atoms with Gasteiger partial charge in [-0.05, 0) is 25.5 Å². The lowest BCUT2D eigenvalue weighted by atomic mass is 9.96. The third-order valence-corrected chi connectivity index (χ3v) is 4.54. The number of anilines is 1. The van der Waals surface area contributed by atoms with Gasteiger partial charge >= 0.3 is 0 Å². The number of para-hydroxylation sites is 1. The molecule has 0 aromatic heterocycles. The quantitative estimate of drug-likeness (QED) is 0.841. The maximum Gasteiger partial charge on any atom is 0.247 e. The van der Waals surface area contributed by atoms with Crippen LogP contribution in [0.15, 0.2) is 24.3 Å². The molecule has 5 heteroatoms. The van der Waals surface area contributed by atoms with E-state index in [1.54, 1.807) is 16.8 Å². The SMILES string of the molecule is CN1CCN(C(=O)C2Cc3ccccc3N2)C(C)(C)C1=O. The van der Waals surface area contributed by atoms with E-state index in [0.29, 0.717) is 19.5 Å². The molecule has 0 aliphatic carbocycles. The minimum absolute atomic E-state index is 0.00221. The van der Waals surface area contributed by atoms with Crippen molar-refractivity contribution in [3.8, 4) is 0 Å². The van der Waals surface area contributed by atoms with Gasteiger partial charge in [0.15, 0.2) is 0 Å². The number of fused-ring (bicyclic) bond motifs is 1. The van der Waals surface area contributed by atoms with Crippen LogP contribution in [0.1, 0.15) is 19.4 Å². The summed E-state index contributed by atoms with van der Waals surface area (Å²) >= 11 is 0. The fourth-order valence-electron chi connectivity index (χ4n) is 3.23. The monoisotopic (exact) mass is 287 g/mol. The third kappa shape index (κ3) is 2.17. The molecule has 3 rings (SSSR count). The number of carbonyl (C=O) groups is 2. The number of hydrogen-bond donors (Lipinski definition) is 1. The highest BCUT2D eigenvalue weighted by Crippen LogP contribution is 2.29. The molecule has 1 unspecified atom stereocenters. The standard InChI is InChI=1S/C16H21N3O2/c1-16(2)15(21)18(3)8-9-19(16)14(20)13-10-11-6-4-5-7-12(11)17-13/h4-7,13,17H,8-10H2,1-3H3. The fourth-order valence-corrected chi connectivity index (χ4v) is 3.23. The predicted octanol–water partition coefficient (Wildman–Crippen LogP) is 1.10. The van der Waals surface area contributed by atoms with E-state index in [9.17, 15) is 9.59 Å². The molecule has 0 saturated carbocycles. The van der Waals surface area contributed by atoms with E-state index in [4.69, 9.17) is 0 Å². The number of nitrogens with one attached hydrogen (secondary N) is 1. The van der Waals surface area contributed by atoms with E-state index in [-0.39, 0.29) is 17.9 Å². The highest BCUT2D eigenvalue weighted by molar-refractivity contribution is 5.95. The Morgan fingerprint density at radius 2 is 2.00 bits per heavy atom. The topological polar surface area (TPSA) is 52.6 Å². The minimum atomic E-state index is -0.777. The molecule has 2 amide bonds. The molecule has 1 aromatic rings. The van der Waals surface area contributed by atoms with Gasteiger partial charge < -0.3 is 15.1 Å². The first-order chi connectivity index (χ1) is 9.91. The highest BCUT2D eigenvalue weighted by Gasteiger charge is 2.45. The normalized spacial score (nSPS) is 23.8. The summed E-state index contributed by atoms with van der Waals surface area (Å²) in [5.74, 6) is 0.00950. The molecule has 1 aromatic carbocycles. The maximum atomic E-state index is 12.8. The lowest BCUT2D eigenvalue weighted by molar-refractivity contribution is -0.157. The van der Waals surface area contributed by atoms with E-state index >= 15 is 0 Å². The highest BCUT2D eigenvalue weighted by atomic mass is 16.2. The number of likely N-dealkylation sites (N-methyl/N-ethyl adjacent to an activating group) is 1. The summed E-state index contributed by atoms with van der Waals surface area (Å²) in [6, 6.07) is 7.70. The van der Waals surface area contributed by atoms with Gasteiger partial charge in [-0.1, -0.05) is 18.2 Å². The number of rotatable bonds is 1. The van der Waals surface area contributed by atoms with Gasteiger partial charge in [-0.15, -0.1) is 0 Å². The van der Waals surface area contributed by atoms with Gasteiger partial charge in [-0.3, -0.25) is 9.59 Å². The summed E-state index contributed by atoms with van der Waals surface area (Å²) < 4.78 is 0. The van der Waals surface area contributed by atoms with Crippen LogP contribution in [0.2, 0.25) is 0 Å². The molecule has 0 radical (unpaired) electrons. The van der Waals surface area contributed by atoms with Crippen LogP contribution < -0.4 is 5.32 Å². The van der Waals surface area contributed by atoms with Crippen LogP contribution >= 0.6 is 0 Å². The van der Waals surface area contributed by atoms with Crippen molar-refractivity contribution in [2.45, 2.75) is 31.8 Å². The molecule has 5 nitrogen and oxygen atoms in total. The summed E-state index contributed by atoms with van der Waals surface area (Å²) in [5.41, 5.74) is 1.41. The number of amides is 2. The molecule has 0 spiro atoms. The summed E-state index contributed by atoms with van der Waals surface area (Å²) in [4.78, 5) is 28.6. The number of benzene rings is 1. The zero-order chi connectivity index (χ0) is 15.2. The van der Waals surface area contributed by atoms with E-state index in [1.165, 1.54) is 0 Å². The number of piperazine rings is 1. The molecule has 1 fully saturated rings. The van der Waals surface area contributed by atoms with Gasteiger partial charge in [0.1, 0.15) is 11.6 Å². The molecule has 1 saturated heterocycles. The Morgan fingerprint density at radius 1 is 1.29 bits per heavy atom. The van der Waals surface area contributed by atoms with Crippen molar-refractivity contribution < 1.29 is 9.59 Å². The van der Waals surface area contributed by atoms with Crippen LogP contribution in [0, 0.1) is 0 Å². The molecule has 21 heavy (non-hydrogen) atoms. The van der Waals surface area contributed by atoms with Crippen molar-refractivity contribution in [3.63, 3.8) is 0 Å². The average molecular weight is 287 g/mol. The first kappa shape index (κ1) is 13.9. The molecule has 1 N–H and O–H groups in total.